The van der Waals surface area contributed by atoms with Crippen molar-refractivity contribution < 1.29 is 14.6 Å². The van der Waals surface area contributed by atoms with Crippen LogP contribution in [0.15, 0.2) is 0 Å². The van der Waals surface area contributed by atoms with Crippen LogP contribution in [0.5, 0.6) is 0 Å². The van der Waals surface area contributed by atoms with Crippen molar-refractivity contribution in [3.8, 4) is 0 Å². The molecule has 2 rings (SSSR count). The molecule has 0 aromatic rings. The third kappa shape index (κ3) is 1.02. The molecule has 3 atom stereocenters. The summed E-state index contributed by atoms with van der Waals surface area (Å²) in [6.07, 6.45) is 0.149. The van der Waals surface area contributed by atoms with Gasteiger partial charge in [0.1, 0.15) is 0 Å². The van der Waals surface area contributed by atoms with Gasteiger partial charge in [-0.15, -0.1) is 0 Å². The Labute approximate surface area is 64.5 Å². The number of rotatable bonds is 1. The summed E-state index contributed by atoms with van der Waals surface area (Å²) < 4.78 is 5.31. The summed E-state index contributed by atoms with van der Waals surface area (Å²) in [4.78, 5) is 10.6. The Hall–Kier alpha value is -0.610. The Bertz CT molecular complexity index is 183. The fraction of sp³-hybridized carbons (Fsp3) is 0.857. The van der Waals surface area contributed by atoms with Gasteiger partial charge in [-0.2, -0.15) is 0 Å². The quantitative estimate of drug-likeness (QED) is 0.528. The minimum absolute atomic E-state index is 0.149. The molecule has 2 aliphatic heterocycles. The van der Waals surface area contributed by atoms with Crippen molar-refractivity contribution in [2.24, 2.45) is 11.8 Å². The number of carboxylic acid groups (broad SMARTS) is 1. The molecule has 0 aromatic carbocycles. The van der Waals surface area contributed by atoms with E-state index < -0.39 is 5.97 Å². The molecule has 4 heteroatoms. The normalized spacial score (nSPS) is 42.4. The maximum absolute atomic E-state index is 10.6. The standard InChI is InChI=1S/C7H11NO3/c9-7(10)5-3-11-6-2-8-1-4(5)6/h4-6,8H,1-3H2,(H,9,10)/t4-,5-,6-/m1/s1. The van der Waals surface area contributed by atoms with Crippen molar-refractivity contribution >= 4 is 5.97 Å². The number of carboxylic acids is 1. The van der Waals surface area contributed by atoms with Crippen molar-refractivity contribution in [3.63, 3.8) is 0 Å². The van der Waals surface area contributed by atoms with Gasteiger partial charge in [-0.1, -0.05) is 0 Å². The van der Waals surface area contributed by atoms with Crippen molar-refractivity contribution in [1.82, 2.24) is 5.32 Å². The lowest BCUT2D eigenvalue weighted by Gasteiger charge is -2.09. The Morgan fingerprint density at radius 1 is 1.55 bits per heavy atom. The molecule has 0 unspecified atom stereocenters. The van der Waals surface area contributed by atoms with Gasteiger partial charge >= 0.3 is 5.97 Å². The lowest BCUT2D eigenvalue weighted by atomic mass is 9.94. The molecule has 11 heavy (non-hydrogen) atoms. The third-order valence-corrected chi connectivity index (χ3v) is 2.53. The van der Waals surface area contributed by atoms with Crippen LogP contribution in [-0.4, -0.2) is 36.9 Å². The maximum atomic E-state index is 10.6. The first kappa shape index (κ1) is 7.06. The average molecular weight is 157 g/mol. The Morgan fingerprint density at radius 3 is 3.09 bits per heavy atom. The zero-order chi connectivity index (χ0) is 7.84. The van der Waals surface area contributed by atoms with Gasteiger partial charge in [-0.25, -0.2) is 0 Å². The van der Waals surface area contributed by atoms with E-state index in [4.69, 9.17) is 9.84 Å². The predicted molar refractivity (Wildman–Crippen MR) is 37.2 cm³/mol. The van der Waals surface area contributed by atoms with Gasteiger partial charge in [-0.05, 0) is 0 Å². The minimum Gasteiger partial charge on any atom is -0.481 e. The molecule has 2 heterocycles. The van der Waals surface area contributed by atoms with Gasteiger partial charge in [0.15, 0.2) is 0 Å². The first-order chi connectivity index (χ1) is 5.29. The summed E-state index contributed by atoms with van der Waals surface area (Å²) in [6.45, 7) is 2.00. The zero-order valence-corrected chi connectivity index (χ0v) is 6.12. The summed E-state index contributed by atoms with van der Waals surface area (Å²) in [5.74, 6) is -0.802. The second-order valence-corrected chi connectivity index (χ2v) is 3.14. The van der Waals surface area contributed by atoms with Gasteiger partial charge in [-0.3, -0.25) is 4.79 Å². The van der Waals surface area contributed by atoms with Crippen LogP contribution in [0.2, 0.25) is 0 Å². The van der Waals surface area contributed by atoms with E-state index in [0.717, 1.165) is 13.1 Å². The first-order valence-electron chi connectivity index (χ1n) is 3.84. The number of nitrogens with one attached hydrogen (secondary N) is 1. The molecule has 0 aromatic heterocycles. The van der Waals surface area contributed by atoms with E-state index in [1.807, 2.05) is 0 Å². The molecule has 0 radical (unpaired) electrons. The third-order valence-electron chi connectivity index (χ3n) is 2.53. The van der Waals surface area contributed by atoms with Crippen LogP contribution in [0.25, 0.3) is 0 Å². The van der Waals surface area contributed by atoms with Crippen LogP contribution in [-0.2, 0) is 9.53 Å². The summed E-state index contributed by atoms with van der Waals surface area (Å²) in [5.41, 5.74) is 0. The molecule has 4 nitrogen and oxygen atoms in total. The highest BCUT2D eigenvalue weighted by Crippen LogP contribution is 2.29. The van der Waals surface area contributed by atoms with Crippen molar-refractivity contribution in [2.75, 3.05) is 19.7 Å². The number of fused-ring (bicyclic) bond motifs is 1. The first-order valence-corrected chi connectivity index (χ1v) is 3.84. The smallest absolute Gasteiger partial charge is 0.309 e. The van der Waals surface area contributed by atoms with E-state index >= 15 is 0 Å². The SMILES string of the molecule is O=C(O)[C@@H]1CO[C@@H]2CNC[C@@H]21. The number of aliphatic carboxylic acids is 1. The molecule has 2 saturated heterocycles. The number of carbonyl (C=O) groups is 1. The highest BCUT2D eigenvalue weighted by molar-refractivity contribution is 5.71. The Morgan fingerprint density at radius 2 is 2.36 bits per heavy atom. The predicted octanol–water partition coefficient (Wildman–Crippen LogP) is -0.695. The Balaban J connectivity index is 2.08. The molecule has 2 fully saturated rings. The van der Waals surface area contributed by atoms with E-state index in [1.165, 1.54) is 0 Å². The molecule has 2 aliphatic rings. The van der Waals surface area contributed by atoms with Crippen LogP contribution in [0.3, 0.4) is 0 Å². The second kappa shape index (κ2) is 2.46. The molecule has 0 amide bonds. The lowest BCUT2D eigenvalue weighted by Crippen LogP contribution is -2.25. The summed E-state index contributed by atoms with van der Waals surface area (Å²) >= 11 is 0. The molecular weight excluding hydrogens is 146 g/mol. The van der Waals surface area contributed by atoms with E-state index in [1.54, 1.807) is 0 Å². The molecular formula is C7H11NO3. The van der Waals surface area contributed by atoms with Crippen LogP contribution >= 0.6 is 0 Å². The fourth-order valence-electron chi connectivity index (χ4n) is 1.86. The number of ether oxygens (including phenoxy) is 1. The van der Waals surface area contributed by atoms with E-state index in [9.17, 15) is 4.79 Å². The second-order valence-electron chi connectivity index (χ2n) is 3.14. The topological polar surface area (TPSA) is 58.6 Å². The van der Waals surface area contributed by atoms with Gasteiger partial charge in [0, 0.05) is 19.0 Å². The zero-order valence-electron chi connectivity index (χ0n) is 6.12. The average Bonchev–Trinajstić information content (AvgIpc) is 2.41. The van der Waals surface area contributed by atoms with E-state index in [0.29, 0.717) is 6.61 Å². The molecule has 2 N–H and O–H groups in total. The number of hydrogen-bond donors (Lipinski definition) is 2. The monoisotopic (exact) mass is 157 g/mol. The van der Waals surface area contributed by atoms with Gasteiger partial charge < -0.3 is 15.2 Å². The Kier molecular flexibility index (Phi) is 1.58. The van der Waals surface area contributed by atoms with Crippen molar-refractivity contribution in [2.45, 2.75) is 6.10 Å². The summed E-state index contributed by atoms with van der Waals surface area (Å²) in [6, 6.07) is 0. The lowest BCUT2D eigenvalue weighted by molar-refractivity contribution is -0.142. The minimum atomic E-state index is -0.721. The van der Waals surface area contributed by atoms with Crippen LogP contribution in [0.1, 0.15) is 0 Å². The van der Waals surface area contributed by atoms with Crippen LogP contribution in [0, 0.1) is 11.8 Å². The van der Waals surface area contributed by atoms with Crippen LogP contribution < -0.4 is 5.32 Å². The molecule has 62 valence electrons. The highest BCUT2D eigenvalue weighted by Gasteiger charge is 2.43. The van der Waals surface area contributed by atoms with Gasteiger partial charge in [0.2, 0.25) is 0 Å². The molecule has 0 bridgehead atoms. The van der Waals surface area contributed by atoms with Gasteiger partial charge in [0.25, 0.3) is 0 Å². The number of hydrogen-bond acceptors (Lipinski definition) is 3. The van der Waals surface area contributed by atoms with E-state index in [2.05, 4.69) is 5.32 Å². The highest BCUT2D eigenvalue weighted by atomic mass is 16.5. The molecule has 0 spiro atoms. The van der Waals surface area contributed by atoms with Gasteiger partial charge in [0.05, 0.1) is 18.6 Å². The molecule has 0 saturated carbocycles. The van der Waals surface area contributed by atoms with Crippen molar-refractivity contribution in [1.29, 1.82) is 0 Å². The fourth-order valence-corrected chi connectivity index (χ4v) is 1.86. The largest absolute Gasteiger partial charge is 0.481 e. The van der Waals surface area contributed by atoms with Crippen molar-refractivity contribution in [3.05, 3.63) is 0 Å². The maximum Gasteiger partial charge on any atom is 0.309 e. The van der Waals surface area contributed by atoms with E-state index in [-0.39, 0.29) is 17.9 Å². The van der Waals surface area contributed by atoms with Crippen LogP contribution in [0.4, 0.5) is 0 Å². The summed E-state index contributed by atoms with van der Waals surface area (Å²) in [7, 11) is 0. The summed E-state index contributed by atoms with van der Waals surface area (Å²) in [5, 5.41) is 11.9. The molecule has 0 aliphatic carbocycles.